The lowest BCUT2D eigenvalue weighted by molar-refractivity contribution is -0.115. The number of carbonyl (C=O) groups is 1. The van der Waals surface area contributed by atoms with Gasteiger partial charge < -0.3 is 10.1 Å². The highest BCUT2D eigenvalue weighted by Crippen LogP contribution is 2.37. The van der Waals surface area contributed by atoms with E-state index in [1.165, 1.54) is 17.3 Å². The van der Waals surface area contributed by atoms with E-state index in [4.69, 9.17) is 17.0 Å². The summed E-state index contributed by atoms with van der Waals surface area (Å²) in [6, 6.07) is 12.0. The number of hydrogen-bond acceptors (Lipinski definition) is 4. The predicted molar refractivity (Wildman–Crippen MR) is 114 cm³/mol. The molecule has 128 valence electrons. The molecular formula is C18H13Br2NO2S2. The third kappa shape index (κ3) is 4.73. The SMILES string of the molecule is Cc1ccc(COc2c(Br)cc(Br)cc2C=C2SC(=S)NC2=O)cc1. The van der Waals surface area contributed by atoms with Crippen molar-refractivity contribution in [2.45, 2.75) is 13.5 Å². The van der Waals surface area contributed by atoms with Crippen LogP contribution in [-0.2, 0) is 11.4 Å². The van der Waals surface area contributed by atoms with E-state index in [9.17, 15) is 4.79 Å². The van der Waals surface area contributed by atoms with Gasteiger partial charge in [0.05, 0.1) is 9.38 Å². The lowest BCUT2D eigenvalue weighted by atomic mass is 10.1. The molecule has 2 aromatic rings. The molecule has 1 aliphatic rings. The fourth-order valence-corrected chi connectivity index (χ4v) is 4.65. The maximum Gasteiger partial charge on any atom is 0.263 e. The number of ether oxygens (including phenoxy) is 1. The zero-order valence-electron chi connectivity index (χ0n) is 13.1. The monoisotopic (exact) mass is 497 g/mol. The molecule has 0 unspecified atom stereocenters. The molecule has 0 aliphatic carbocycles. The van der Waals surface area contributed by atoms with Crippen molar-refractivity contribution in [3.8, 4) is 5.75 Å². The smallest absolute Gasteiger partial charge is 0.263 e. The van der Waals surface area contributed by atoms with E-state index >= 15 is 0 Å². The van der Waals surface area contributed by atoms with E-state index in [1.54, 1.807) is 6.08 Å². The topological polar surface area (TPSA) is 38.3 Å². The van der Waals surface area contributed by atoms with Crippen molar-refractivity contribution in [2.24, 2.45) is 0 Å². The van der Waals surface area contributed by atoms with Crippen LogP contribution in [0.4, 0.5) is 0 Å². The molecule has 3 rings (SSSR count). The summed E-state index contributed by atoms with van der Waals surface area (Å²) in [5.74, 6) is 0.498. The Morgan fingerprint density at radius 3 is 2.60 bits per heavy atom. The van der Waals surface area contributed by atoms with E-state index in [-0.39, 0.29) is 5.91 Å². The van der Waals surface area contributed by atoms with E-state index in [0.29, 0.717) is 21.6 Å². The molecule has 0 aromatic heterocycles. The number of benzene rings is 2. The van der Waals surface area contributed by atoms with Crippen molar-refractivity contribution in [1.29, 1.82) is 0 Å². The maximum absolute atomic E-state index is 11.9. The molecule has 1 amide bonds. The number of nitrogens with one attached hydrogen (secondary N) is 1. The van der Waals surface area contributed by atoms with Gasteiger partial charge in [0.1, 0.15) is 16.7 Å². The molecule has 0 spiro atoms. The van der Waals surface area contributed by atoms with Crippen LogP contribution in [0.15, 0.2) is 50.2 Å². The van der Waals surface area contributed by atoms with Crippen molar-refractivity contribution >= 4 is 72.1 Å². The van der Waals surface area contributed by atoms with E-state index < -0.39 is 0 Å². The molecule has 1 saturated heterocycles. The average molecular weight is 499 g/mol. The maximum atomic E-state index is 11.9. The molecule has 1 heterocycles. The second-order valence-electron chi connectivity index (χ2n) is 5.43. The Kier molecular flexibility index (Phi) is 5.99. The van der Waals surface area contributed by atoms with Gasteiger partial charge in [0.25, 0.3) is 5.91 Å². The summed E-state index contributed by atoms with van der Waals surface area (Å²) in [7, 11) is 0. The Hall–Kier alpha value is -1.15. The minimum atomic E-state index is -0.185. The van der Waals surface area contributed by atoms with Crippen LogP contribution in [0.2, 0.25) is 0 Å². The van der Waals surface area contributed by atoms with Gasteiger partial charge in [-0.05, 0) is 46.6 Å². The average Bonchev–Trinajstić information content (AvgIpc) is 2.85. The normalized spacial score (nSPS) is 15.6. The summed E-state index contributed by atoms with van der Waals surface area (Å²) >= 11 is 13.3. The highest BCUT2D eigenvalue weighted by atomic mass is 79.9. The van der Waals surface area contributed by atoms with Crippen LogP contribution < -0.4 is 10.1 Å². The van der Waals surface area contributed by atoms with Crippen LogP contribution in [0.3, 0.4) is 0 Å². The van der Waals surface area contributed by atoms with E-state index in [1.807, 2.05) is 24.3 Å². The van der Waals surface area contributed by atoms with Gasteiger partial charge in [0, 0.05) is 10.0 Å². The third-order valence-corrected chi connectivity index (χ3v) is 5.68. The van der Waals surface area contributed by atoms with Gasteiger partial charge in [-0.15, -0.1) is 0 Å². The van der Waals surface area contributed by atoms with Gasteiger partial charge in [-0.3, -0.25) is 4.79 Å². The number of amides is 1. The summed E-state index contributed by atoms with van der Waals surface area (Å²) in [5, 5.41) is 2.62. The number of thiocarbonyl (C=S) groups is 1. The van der Waals surface area contributed by atoms with E-state index in [2.05, 4.69) is 56.2 Å². The van der Waals surface area contributed by atoms with Crippen LogP contribution in [0.1, 0.15) is 16.7 Å². The fourth-order valence-electron chi connectivity index (χ4n) is 2.24. The first-order valence-corrected chi connectivity index (χ1v) is 10.2. The zero-order chi connectivity index (χ0) is 18.0. The molecule has 0 atom stereocenters. The van der Waals surface area contributed by atoms with Crippen LogP contribution in [0.25, 0.3) is 6.08 Å². The fraction of sp³-hybridized carbons (Fsp3) is 0.111. The first-order valence-electron chi connectivity index (χ1n) is 7.34. The van der Waals surface area contributed by atoms with Crippen LogP contribution in [0, 0.1) is 6.92 Å². The number of aryl methyl sites for hydroxylation is 1. The standard InChI is InChI=1S/C18H13Br2NO2S2/c1-10-2-4-11(5-3-10)9-23-16-12(6-13(19)8-14(16)20)7-15-17(22)21-18(24)25-15/h2-8H,9H2,1H3,(H,21,22,24). The molecular weight excluding hydrogens is 486 g/mol. The molecule has 1 aliphatic heterocycles. The van der Waals surface area contributed by atoms with Gasteiger partial charge in [0.15, 0.2) is 0 Å². The molecule has 0 saturated carbocycles. The molecule has 25 heavy (non-hydrogen) atoms. The Morgan fingerprint density at radius 1 is 1.24 bits per heavy atom. The minimum absolute atomic E-state index is 0.185. The highest BCUT2D eigenvalue weighted by Gasteiger charge is 2.23. The summed E-state index contributed by atoms with van der Waals surface area (Å²) in [4.78, 5) is 12.5. The van der Waals surface area contributed by atoms with Gasteiger partial charge in [-0.25, -0.2) is 0 Å². The van der Waals surface area contributed by atoms with Crippen molar-refractivity contribution < 1.29 is 9.53 Å². The number of carbonyl (C=O) groups excluding carboxylic acids is 1. The third-order valence-electron chi connectivity index (χ3n) is 3.47. The second kappa shape index (κ2) is 8.03. The van der Waals surface area contributed by atoms with Crippen molar-refractivity contribution in [2.75, 3.05) is 0 Å². The van der Waals surface area contributed by atoms with Gasteiger partial charge in [0.2, 0.25) is 0 Å². The van der Waals surface area contributed by atoms with Crippen molar-refractivity contribution in [1.82, 2.24) is 5.32 Å². The summed E-state index contributed by atoms with van der Waals surface area (Å²) in [6.45, 7) is 2.49. The lowest BCUT2D eigenvalue weighted by Crippen LogP contribution is -2.17. The summed E-state index contributed by atoms with van der Waals surface area (Å²) < 4.78 is 8.20. The Labute approximate surface area is 172 Å². The van der Waals surface area contributed by atoms with Crippen molar-refractivity contribution in [3.05, 3.63) is 66.9 Å². The Morgan fingerprint density at radius 2 is 1.96 bits per heavy atom. The van der Waals surface area contributed by atoms with Crippen molar-refractivity contribution in [3.63, 3.8) is 0 Å². The first kappa shape index (κ1) is 18.6. The van der Waals surface area contributed by atoms with E-state index in [0.717, 1.165) is 20.1 Å². The predicted octanol–water partition coefficient (Wildman–Crippen LogP) is 5.59. The molecule has 1 N–H and O–H groups in total. The quantitative estimate of drug-likeness (QED) is 0.440. The number of thioether (sulfide) groups is 1. The lowest BCUT2D eigenvalue weighted by Gasteiger charge is -2.13. The minimum Gasteiger partial charge on any atom is -0.487 e. The number of rotatable bonds is 4. The summed E-state index contributed by atoms with van der Waals surface area (Å²) in [6.07, 6.45) is 1.79. The van der Waals surface area contributed by atoms with Crippen LogP contribution in [0.5, 0.6) is 5.75 Å². The van der Waals surface area contributed by atoms with Crippen LogP contribution in [-0.4, -0.2) is 10.2 Å². The first-order chi connectivity index (χ1) is 11.9. The molecule has 3 nitrogen and oxygen atoms in total. The highest BCUT2D eigenvalue weighted by molar-refractivity contribution is 9.11. The molecule has 7 heteroatoms. The Bertz CT molecular complexity index is 879. The Balaban J connectivity index is 1.90. The number of halogens is 2. The molecule has 1 fully saturated rings. The largest absolute Gasteiger partial charge is 0.487 e. The molecule has 2 aromatic carbocycles. The second-order valence-corrected chi connectivity index (χ2v) is 8.92. The summed E-state index contributed by atoms with van der Waals surface area (Å²) in [5.41, 5.74) is 3.09. The van der Waals surface area contributed by atoms with Gasteiger partial charge in [-0.2, -0.15) is 0 Å². The zero-order valence-corrected chi connectivity index (χ0v) is 17.9. The molecule has 0 bridgehead atoms. The van der Waals surface area contributed by atoms with Crippen LogP contribution >= 0.6 is 55.8 Å². The number of hydrogen-bond donors (Lipinski definition) is 1. The molecule has 0 radical (unpaired) electrons. The van der Waals surface area contributed by atoms with Gasteiger partial charge in [-0.1, -0.05) is 69.7 Å². The van der Waals surface area contributed by atoms with Gasteiger partial charge >= 0.3 is 0 Å².